The lowest BCUT2D eigenvalue weighted by molar-refractivity contribution is 0.475. The van der Waals surface area contributed by atoms with Crippen LogP contribution in [0.5, 0.6) is 5.75 Å². The van der Waals surface area contributed by atoms with Crippen molar-refractivity contribution >= 4 is 16.6 Å². The summed E-state index contributed by atoms with van der Waals surface area (Å²) >= 11 is 0. The van der Waals surface area contributed by atoms with Crippen molar-refractivity contribution in [2.45, 2.75) is 6.54 Å². The average molecular weight is 239 g/mol. The van der Waals surface area contributed by atoms with Gasteiger partial charge in [0.15, 0.2) is 0 Å². The molecule has 1 heterocycles. The molecule has 0 aliphatic rings. The van der Waals surface area contributed by atoms with Crippen LogP contribution in [0.4, 0.5) is 5.69 Å². The highest BCUT2D eigenvalue weighted by atomic mass is 16.3. The molecule has 0 amide bonds. The Hall–Kier alpha value is -2.49. The summed E-state index contributed by atoms with van der Waals surface area (Å²) in [4.78, 5) is 0. The highest BCUT2D eigenvalue weighted by molar-refractivity contribution is 5.81. The number of fused-ring (bicyclic) bond motifs is 1. The molecule has 1 aromatic heterocycles. The second kappa shape index (κ2) is 4.41. The number of hydrogen-bond donors (Lipinski definition) is 3. The zero-order chi connectivity index (χ0) is 12.4. The molecule has 0 saturated carbocycles. The van der Waals surface area contributed by atoms with E-state index in [1.54, 1.807) is 18.3 Å². The molecule has 0 saturated heterocycles. The third kappa shape index (κ3) is 2.13. The molecular formula is C14H13N3O. The van der Waals surface area contributed by atoms with Crippen molar-refractivity contribution < 1.29 is 5.11 Å². The Morgan fingerprint density at radius 3 is 2.78 bits per heavy atom. The molecule has 0 aliphatic heterocycles. The van der Waals surface area contributed by atoms with Crippen LogP contribution in [0.1, 0.15) is 5.56 Å². The number of phenolic OH excluding ortho intramolecular Hbond substituents is 1. The lowest BCUT2D eigenvalue weighted by atomic mass is 10.2. The molecule has 3 aromatic rings. The van der Waals surface area contributed by atoms with Gasteiger partial charge >= 0.3 is 0 Å². The van der Waals surface area contributed by atoms with Crippen molar-refractivity contribution in [1.29, 1.82) is 0 Å². The molecule has 0 aliphatic carbocycles. The van der Waals surface area contributed by atoms with Crippen LogP contribution in [-0.4, -0.2) is 15.3 Å². The second-order valence-corrected chi connectivity index (χ2v) is 4.19. The first-order valence-corrected chi connectivity index (χ1v) is 5.76. The van der Waals surface area contributed by atoms with E-state index in [0.717, 1.165) is 28.7 Å². The van der Waals surface area contributed by atoms with Crippen LogP contribution in [0, 0.1) is 0 Å². The van der Waals surface area contributed by atoms with Gasteiger partial charge in [-0.2, -0.15) is 5.10 Å². The van der Waals surface area contributed by atoms with Crippen molar-refractivity contribution in [3.05, 3.63) is 54.2 Å². The molecule has 18 heavy (non-hydrogen) atoms. The van der Waals surface area contributed by atoms with Gasteiger partial charge in [-0.15, -0.1) is 0 Å². The summed E-state index contributed by atoms with van der Waals surface area (Å²) in [6.45, 7) is 0.722. The summed E-state index contributed by atoms with van der Waals surface area (Å²) in [6.07, 6.45) is 1.80. The van der Waals surface area contributed by atoms with Crippen molar-refractivity contribution in [2.75, 3.05) is 5.32 Å². The topological polar surface area (TPSA) is 60.9 Å². The molecule has 90 valence electrons. The minimum atomic E-state index is 0.289. The highest BCUT2D eigenvalue weighted by Crippen LogP contribution is 2.17. The van der Waals surface area contributed by atoms with Gasteiger partial charge in [0.05, 0.1) is 11.7 Å². The van der Waals surface area contributed by atoms with E-state index in [1.165, 1.54) is 0 Å². The van der Waals surface area contributed by atoms with Gasteiger partial charge in [0.1, 0.15) is 5.75 Å². The number of benzene rings is 2. The summed E-state index contributed by atoms with van der Waals surface area (Å²) in [7, 11) is 0. The Kier molecular flexibility index (Phi) is 2.61. The number of aromatic amines is 1. The number of phenols is 1. The molecule has 0 atom stereocenters. The first-order valence-electron chi connectivity index (χ1n) is 5.76. The lowest BCUT2D eigenvalue weighted by Crippen LogP contribution is -1.98. The van der Waals surface area contributed by atoms with Crippen molar-refractivity contribution in [2.24, 2.45) is 0 Å². The maximum absolute atomic E-state index is 9.21. The number of rotatable bonds is 3. The third-order valence-electron chi connectivity index (χ3n) is 2.87. The number of aromatic hydroxyl groups is 1. The molecule has 0 unspecified atom stereocenters. The minimum Gasteiger partial charge on any atom is -0.508 e. The molecular weight excluding hydrogens is 226 g/mol. The van der Waals surface area contributed by atoms with Gasteiger partial charge in [0, 0.05) is 17.6 Å². The normalized spacial score (nSPS) is 10.7. The first-order chi connectivity index (χ1) is 8.81. The van der Waals surface area contributed by atoms with Crippen molar-refractivity contribution in [3.63, 3.8) is 0 Å². The lowest BCUT2D eigenvalue weighted by Gasteiger charge is -2.06. The smallest absolute Gasteiger partial charge is 0.115 e. The van der Waals surface area contributed by atoms with Crippen molar-refractivity contribution in [3.8, 4) is 5.75 Å². The third-order valence-corrected chi connectivity index (χ3v) is 2.87. The summed E-state index contributed by atoms with van der Waals surface area (Å²) in [5.74, 6) is 0.289. The molecule has 4 heteroatoms. The maximum Gasteiger partial charge on any atom is 0.115 e. The molecule has 0 fully saturated rings. The Labute approximate surface area is 104 Å². The van der Waals surface area contributed by atoms with Crippen LogP contribution in [0.25, 0.3) is 10.9 Å². The molecule has 3 N–H and O–H groups in total. The molecule has 2 aromatic carbocycles. The van der Waals surface area contributed by atoms with Crippen LogP contribution in [0.15, 0.2) is 48.7 Å². The van der Waals surface area contributed by atoms with Crippen LogP contribution < -0.4 is 5.32 Å². The van der Waals surface area contributed by atoms with E-state index in [0.29, 0.717) is 0 Å². The van der Waals surface area contributed by atoms with E-state index >= 15 is 0 Å². The van der Waals surface area contributed by atoms with Gasteiger partial charge in [-0.25, -0.2) is 0 Å². The van der Waals surface area contributed by atoms with Gasteiger partial charge < -0.3 is 10.4 Å². The SMILES string of the molecule is Oc1ccc(CNc2ccc3cn[nH]c3c2)cc1. The van der Waals surface area contributed by atoms with Crippen LogP contribution in [0.2, 0.25) is 0 Å². The van der Waals surface area contributed by atoms with Gasteiger partial charge in [0.25, 0.3) is 0 Å². The van der Waals surface area contributed by atoms with Gasteiger partial charge in [-0.05, 0) is 35.9 Å². The highest BCUT2D eigenvalue weighted by Gasteiger charge is 1.98. The first kappa shape index (κ1) is 10.7. The van der Waals surface area contributed by atoms with E-state index in [-0.39, 0.29) is 5.75 Å². The fourth-order valence-electron chi connectivity index (χ4n) is 1.86. The molecule has 0 spiro atoms. The fourth-order valence-corrected chi connectivity index (χ4v) is 1.86. The van der Waals surface area contributed by atoms with Gasteiger partial charge in [-0.1, -0.05) is 12.1 Å². The Balaban J connectivity index is 1.74. The Morgan fingerprint density at radius 1 is 1.11 bits per heavy atom. The number of hydrogen-bond acceptors (Lipinski definition) is 3. The van der Waals surface area contributed by atoms with Gasteiger partial charge in [-0.3, -0.25) is 5.10 Å². The molecule has 3 rings (SSSR count). The monoisotopic (exact) mass is 239 g/mol. The minimum absolute atomic E-state index is 0.289. The number of H-pyrrole nitrogens is 1. The zero-order valence-electron chi connectivity index (χ0n) is 9.72. The van der Waals surface area contributed by atoms with Crippen LogP contribution in [0.3, 0.4) is 0 Å². The van der Waals surface area contributed by atoms with E-state index in [9.17, 15) is 5.11 Å². The quantitative estimate of drug-likeness (QED) is 0.658. The van der Waals surface area contributed by atoms with Crippen LogP contribution >= 0.6 is 0 Å². The molecule has 0 radical (unpaired) electrons. The Morgan fingerprint density at radius 2 is 1.94 bits per heavy atom. The molecule has 0 bridgehead atoms. The Bertz CT molecular complexity index is 658. The predicted octanol–water partition coefficient (Wildman–Crippen LogP) is 2.88. The average Bonchev–Trinajstić information content (AvgIpc) is 2.85. The number of nitrogens with zero attached hydrogens (tertiary/aromatic N) is 1. The molecule has 4 nitrogen and oxygen atoms in total. The predicted molar refractivity (Wildman–Crippen MR) is 71.5 cm³/mol. The van der Waals surface area contributed by atoms with Crippen molar-refractivity contribution in [1.82, 2.24) is 10.2 Å². The number of anilines is 1. The largest absolute Gasteiger partial charge is 0.508 e. The standard InChI is InChI=1S/C14H13N3O/c18-13-5-1-10(2-6-13)8-15-12-4-3-11-9-16-17-14(11)7-12/h1-7,9,15,18H,8H2,(H,16,17). The van der Waals surface area contributed by atoms with E-state index in [1.807, 2.05) is 30.3 Å². The van der Waals surface area contributed by atoms with Crippen LogP contribution in [-0.2, 0) is 6.54 Å². The summed E-state index contributed by atoms with van der Waals surface area (Å²) in [5, 5.41) is 20.6. The van der Waals surface area contributed by atoms with Gasteiger partial charge in [0.2, 0.25) is 0 Å². The van der Waals surface area contributed by atoms with E-state index < -0.39 is 0 Å². The summed E-state index contributed by atoms with van der Waals surface area (Å²) in [6, 6.07) is 13.3. The summed E-state index contributed by atoms with van der Waals surface area (Å²) < 4.78 is 0. The van der Waals surface area contributed by atoms with E-state index in [2.05, 4.69) is 15.5 Å². The summed E-state index contributed by atoms with van der Waals surface area (Å²) in [5.41, 5.74) is 3.18. The maximum atomic E-state index is 9.21. The number of nitrogens with one attached hydrogen (secondary N) is 2. The zero-order valence-corrected chi connectivity index (χ0v) is 9.72. The fraction of sp³-hybridized carbons (Fsp3) is 0.0714. The second-order valence-electron chi connectivity index (χ2n) is 4.19. The van der Waals surface area contributed by atoms with E-state index in [4.69, 9.17) is 0 Å². The number of aromatic nitrogens is 2.